The molecule has 142 valence electrons. The second kappa shape index (κ2) is 9.88. The highest BCUT2D eigenvalue weighted by molar-refractivity contribution is 6.30. The number of benzene rings is 2. The number of ether oxygens (including phenoxy) is 1. The SMILES string of the molecule is CC(C)C[C@H](NC(=O)c1ccc(Cl)cc1)C(=O)OCC(=O)c1ccccc1. The van der Waals surface area contributed by atoms with Crippen LogP contribution in [0.1, 0.15) is 41.0 Å². The molecule has 1 atom stereocenters. The molecule has 0 bridgehead atoms. The van der Waals surface area contributed by atoms with Crippen LogP contribution in [0.3, 0.4) is 0 Å². The Kier molecular flexibility index (Phi) is 7.55. The first kappa shape index (κ1) is 20.6. The second-order valence-corrected chi connectivity index (χ2v) is 7.00. The van der Waals surface area contributed by atoms with Crippen LogP contribution in [0.15, 0.2) is 54.6 Å². The van der Waals surface area contributed by atoms with Crippen LogP contribution in [0.25, 0.3) is 0 Å². The van der Waals surface area contributed by atoms with Gasteiger partial charge in [-0.25, -0.2) is 4.79 Å². The normalized spacial score (nSPS) is 11.7. The number of amides is 1. The minimum absolute atomic E-state index is 0.151. The lowest BCUT2D eigenvalue weighted by Crippen LogP contribution is -2.43. The van der Waals surface area contributed by atoms with Crippen molar-refractivity contribution in [1.29, 1.82) is 0 Å². The summed E-state index contributed by atoms with van der Waals surface area (Å²) in [5.74, 6) is -1.17. The fraction of sp³-hybridized carbons (Fsp3) is 0.286. The standard InChI is InChI=1S/C21H22ClNO4/c1-14(2)12-18(23-20(25)16-8-10-17(22)11-9-16)21(26)27-13-19(24)15-6-4-3-5-7-15/h3-11,14,18H,12-13H2,1-2H3,(H,23,25)/t18-/m0/s1. The Morgan fingerprint density at radius 2 is 1.59 bits per heavy atom. The molecule has 0 saturated heterocycles. The molecule has 0 spiro atoms. The summed E-state index contributed by atoms with van der Waals surface area (Å²) in [5, 5.41) is 3.20. The summed E-state index contributed by atoms with van der Waals surface area (Å²) in [7, 11) is 0. The van der Waals surface area contributed by atoms with Gasteiger partial charge in [0.05, 0.1) is 0 Å². The lowest BCUT2D eigenvalue weighted by atomic mass is 10.0. The largest absolute Gasteiger partial charge is 0.456 e. The quantitative estimate of drug-likeness (QED) is 0.550. The lowest BCUT2D eigenvalue weighted by molar-refractivity contribution is -0.145. The van der Waals surface area contributed by atoms with Gasteiger partial charge in [0.2, 0.25) is 0 Å². The number of ketones is 1. The van der Waals surface area contributed by atoms with Gasteiger partial charge < -0.3 is 10.1 Å². The number of hydrogen-bond acceptors (Lipinski definition) is 4. The Hall–Kier alpha value is -2.66. The van der Waals surface area contributed by atoms with Crippen LogP contribution in [0.5, 0.6) is 0 Å². The van der Waals surface area contributed by atoms with Crippen molar-refractivity contribution < 1.29 is 19.1 Å². The molecule has 1 N–H and O–H groups in total. The molecule has 1 amide bonds. The molecule has 0 aliphatic heterocycles. The number of nitrogens with one attached hydrogen (secondary N) is 1. The molecule has 2 aromatic carbocycles. The summed E-state index contributed by atoms with van der Waals surface area (Å²) >= 11 is 5.83. The minimum atomic E-state index is -0.836. The number of hydrogen-bond donors (Lipinski definition) is 1. The van der Waals surface area contributed by atoms with Crippen LogP contribution in [-0.4, -0.2) is 30.3 Å². The fourth-order valence-electron chi connectivity index (χ4n) is 2.47. The first-order valence-electron chi connectivity index (χ1n) is 8.68. The third-order valence-electron chi connectivity index (χ3n) is 3.84. The Morgan fingerprint density at radius 3 is 2.19 bits per heavy atom. The Bertz CT molecular complexity index is 788. The van der Waals surface area contributed by atoms with Gasteiger partial charge in [-0.1, -0.05) is 55.8 Å². The van der Waals surface area contributed by atoms with Crippen LogP contribution in [-0.2, 0) is 9.53 Å². The molecular weight excluding hydrogens is 366 g/mol. The lowest BCUT2D eigenvalue weighted by Gasteiger charge is -2.19. The minimum Gasteiger partial charge on any atom is -0.456 e. The zero-order valence-corrected chi connectivity index (χ0v) is 16.0. The molecule has 0 unspecified atom stereocenters. The van der Waals surface area contributed by atoms with E-state index in [0.717, 1.165) is 0 Å². The maximum absolute atomic E-state index is 12.4. The van der Waals surface area contributed by atoms with Gasteiger partial charge in [0, 0.05) is 16.1 Å². The Morgan fingerprint density at radius 1 is 0.963 bits per heavy atom. The number of halogens is 1. The second-order valence-electron chi connectivity index (χ2n) is 6.56. The van der Waals surface area contributed by atoms with Gasteiger partial charge in [-0.3, -0.25) is 9.59 Å². The van der Waals surface area contributed by atoms with Crippen LogP contribution >= 0.6 is 11.6 Å². The molecule has 0 aliphatic carbocycles. The summed E-state index contributed by atoms with van der Waals surface area (Å²) in [5.41, 5.74) is 0.859. The molecule has 0 radical (unpaired) electrons. The molecule has 0 saturated carbocycles. The number of esters is 1. The topological polar surface area (TPSA) is 72.5 Å². The first-order valence-corrected chi connectivity index (χ1v) is 9.06. The third kappa shape index (κ3) is 6.53. The zero-order valence-electron chi connectivity index (χ0n) is 15.3. The molecule has 2 rings (SSSR count). The molecule has 5 nitrogen and oxygen atoms in total. The van der Waals surface area contributed by atoms with Gasteiger partial charge >= 0.3 is 5.97 Å². The van der Waals surface area contributed by atoms with Crippen molar-refractivity contribution in [2.24, 2.45) is 5.92 Å². The van der Waals surface area contributed by atoms with Crippen molar-refractivity contribution >= 4 is 29.3 Å². The maximum atomic E-state index is 12.4. The van der Waals surface area contributed by atoms with Gasteiger partial charge in [-0.2, -0.15) is 0 Å². The van der Waals surface area contributed by atoms with E-state index >= 15 is 0 Å². The van der Waals surface area contributed by atoms with Crippen molar-refractivity contribution in [3.63, 3.8) is 0 Å². The van der Waals surface area contributed by atoms with E-state index in [0.29, 0.717) is 22.6 Å². The number of Topliss-reactive ketones (excluding diaryl/α,β-unsaturated/α-hetero) is 1. The number of rotatable bonds is 8. The van der Waals surface area contributed by atoms with E-state index < -0.39 is 17.9 Å². The van der Waals surface area contributed by atoms with E-state index in [1.165, 1.54) is 0 Å². The van der Waals surface area contributed by atoms with Crippen LogP contribution < -0.4 is 5.32 Å². The molecule has 0 heterocycles. The van der Waals surface area contributed by atoms with Crippen molar-refractivity contribution in [2.75, 3.05) is 6.61 Å². The molecule has 6 heteroatoms. The summed E-state index contributed by atoms with van der Waals surface area (Å²) < 4.78 is 5.15. The van der Waals surface area contributed by atoms with Crippen LogP contribution in [0.2, 0.25) is 5.02 Å². The van der Waals surface area contributed by atoms with Crippen LogP contribution in [0.4, 0.5) is 0 Å². The molecule has 0 aromatic heterocycles. The summed E-state index contributed by atoms with van der Waals surface area (Å²) in [6.07, 6.45) is 0.400. The Balaban J connectivity index is 1.99. The Labute approximate surface area is 163 Å². The van der Waals surface area contributed by atoms with Gasteiger partial charge in [-0.15, -0.1) is 0 Å². The van der Waals surface area contributed by atoms with Gasteiger partial charge in [0.15, 0.2) is 12.4 Å². The van der Waals surface area contributed by atoms with Gasteiger partial charge in [-0.05, 0) is 36.6 Å². The summed E-state index contributed by atoms with van der Waals surface area (Å²) in [4.78, 5) is 36.9. The van der Waals surface area contributed by atoms with E-state index in [4.69, 9.17) is 16.3 Å². The van der Waals surface area contributed by atoms with E-state index in [9.17, 15) is 14.4 Å². The molecule has 27 heavy (non-hydrogen) atoms. The number of carbonyl (C=O) groups excluding carboxylic acids is 3. The van der Waals surface area contributed by atoms with Gasteiger partial charge in [0.25, 0.3) is 5.91 Å². The molecular formula is C21H22ClNO4. The number of carbonyl (C=O) groups is 3. The van der Waals surface area contributed by atoms with Crippen molar-refractivity contribution in [3.8, 4) is 0 Å². The average Bonchev–Trinajstić information content (AvgIpc) is 2.66. The van der Waals surface area contributed by atoms with Crippen molar-refractivity contribution in [1.82, 2.24) is 5.32 Å². The zero-order chi connectivity index (χ0) is 19.8. The third-order valence-corrected chi connectivity index (χ3v) is 4.10. The molecule has 2 aromatic rings. The average molecular weight is 388 g/mol. The highest BCUT2D eigenvalue weighted by Gasteiger charge is 2.24. The smallest absolute Gasteiger partial charge is 0.329 e. The van der Waals surface area contributed by atoms with Crippen LogP contribution in [0, 0.1) is 5.92 Å². The highest BCUT2D eigenvalue weighted by Crippen LogP contribution is 2.12. The van der Waals surface area contributed by atoms with E-state index in [1.54, 1.807) is 54.6 Å². The van der Waals surface area contributed by atoms with E-state index in [1.807, 2.05) is 13.8 Å². The predicted octanol–water partition coefficient (Wildman–Crippen LogP) is 3.91. The van der Waals surface area contributed by atoms with E-state index in [-0.39, 0.29) is 18.3 Å². The van der Waals surface area contributed by atoms with Gasteiger partial charge in [0.1, 0.15) is 6.04 Å². The fourth-order valence-corrected chi connectivity index (χ4v) is 2.60. The van der Waals surface area contributed by atoms with Crippen molar-refractivity contribution in [2.45, 2.75) is 26.3 Å². The summed E-state index contributed by atoms with van der Waals surface area (Å²) in [6.45, 7) is 3.50. The predicted molar refractivity (Wildman–Crippen MR) is 104 cm³/mol. The maximum Gasteiger partial charge on any atom is 0.329 e. The highest BCUT2D eigenvalue weighted by atomic mass is 35.5. The summed E-state index contributed by atoms with van der Waals surface area (Å²) in [6, 6.07) is 14.1. The monoisotopic (exact) mass is 387 g/mol. The first-order chi connectivity index (χ1) is 12.9. The van der Waals surface area contributed by atoms with Crippen molar-refractivity contribution in [3.05, 3.63) is 70.7 Å². The van der Waals surface area contributed by atoms with E-state index in [2.05, 4.69) is 5.32 Å². The molecule has 0 fully saturated rings. The molecule has 0 aliphatic rings.